The van der Waals surface area contributed by atoms with Crippen molar-refractivity contribution in [2.45, 2.75) is 25.7 Å². The largest absolute Gasteiger partial charge is 0.492 e. The topological polar surface area (TPSA) is 58.6 Å². The summed E-state index contributed by atoms with van der Waals surface area (Å²) < 4.78 is 5.70. The van der Waals surface area contributed by atoms with Gasteiger partial charge in [-0.25, -0.2) is 4.90 Å². The molecule has 0 fully saturated rings. The van der Waals surface area contributed by atoms with Crippen LogP contribution in [-0.4, -0.2) is 18.4 Å². The number of thioether (sulfide) groups is 1. The molecule has 0 bridgehead atoms. The minimum atomic E-state index is -0.385. The minimum absolute atomic E-state index is 0.246. The number of para-hydroxylation sites is 2. The zero-order chi connectivity index (χ0) is 22.7. The molecule has 1 heterocycles. The van der Waals surface area contributed by atoms with E-state index in [2.05, 4.69) is 5.32 Å². The first-order valence-corrected chi connectivity index (χ1v) is 11.2. The molecule has 1 N–H and O–H groups in total. The molecule has 0 radical (unpaired) electrons. The Balaban J connectivity index is 1.78. The van der Waals surface area contributed by atoms with E-state index in [-0.39, 0.29) is 17.5 Å². The maximum atomic E-state index is 13.5. The molecule has 0 spiro atoms. The number of ether oxygens (including phenoxy) is 1. The van der Waals surface area contributed by atoms with Crippen molar-refractivity contribution < 1.29 is 14.3 Å². The van der Waals surface area contributed by atoms with Crippen LogP contribution in [-0.2, 0) is 9.59 Å². The van der Waals surface area contributed by atoms with Crippen molar-refractivity contribution in [2.75, 3.05) is 16.8 Å². The predicted molar refractivity (Wildman–Crippen MR) is 129 cm³/mol. The van der Waals surface area contributed by atoms with Crippen LogP contribution in [0.5, 0.6) is 5.75 Å². The number of nitrogens with one attached hydrogen (secondary N) is 1. The van der Waals surface area contributed by atoms with E-state index in [4.69, 9.17) is 4.74 Å². The van der Waals surface area contributed by atoms with Crippen LogP contribution in [0.2, 0.25) is 0 Å². The van der Waals surface area contributed by atoms with E-state index in [0.717, 1.165) is 16.0 Å². The van der Waals surface area contributed by atoms with Crippen molar-refractivity contribution in [2.24, 2.45) is 0 Å². The molecule has 0 aromatic heterocycles. The van der Waals surface area contributed by atoms with Crippen LogP contribution in [0.3, 0.4) is 0 Å². The number of carbonyl (C=O) groups is 2. The van der Waals surface area contributed by atoms with Crippen LogP contribution in [0.25, 0.3) is 0 Å². The van der Waals surface area contributed by atoms with Gasteiger partial charge in [0.05, 0.1) is 18.0 Å². The highest BCUT2D eigenvalue weighted by Gasteiger charge is 2.40. The summed E-state index contributed by atoms with van der Waals surface area (Å²) in [6.07, 6.45) is 0. The first kappa shape index (κ1) is 21.7. The number of hydrogen-bond donors (Lipinski definition) is 1. The van der Waals surface area contributed by atoms with Gasteiger partial charge in [0.25, 0.3) is 11.8 Å². The summed E-state index contributed by atoms with van der Waals surface area (Å²) in [5.74, 6) is -0.105. The van der Waals surface area contributed by atoms with Crippen LogP contribution in [0.1, 0.15) is 18.1 Å². The van der Waals surface area contributed by atoms with Gasteiger partial charge in [-0.1, -0.05) is 48.2 Å². The smallest absolute Gasteiger partial charge is 0.283 e. The predicted octanol–water partition coefficient (Wildman–Crippen LogP) is 5.69. The van der Waals surface area contributed by atoms with E-state index >= 15 is 0 Å². The Bertz CT molecular complexity index is 1180. The number of hydrogen-bond acceptors (Lipinski definition) is 5. The van der Waals surface area contributed by atoms with Crippen LogP contribution in [0.15, 0.2) is 88.3 Å². The third-order valence-corrected chi connectivity index (χ3v) is 6.01. The molecule has 0 aliphatic carbocycles. The molecule has 0 atom stereocenters. The summed E-state index contributed by atoms with van der Waals surface area (Å²) in [5, 5.41) is 3.20. The molecule has 0 unspecified atom stereocenters. The SMILES string of the molecule is CCOc1ccccc1NC1=C(Sc2ccccc2)C(=O)N(c2cc(C)cc(C)c2)C1=O. The first-order valence-electron chi connectivity index (χ1n) is 10.4. The summed E-state index contributed by atoms with van der Waals surface area (Å²) in [7, 11) is 0. The number of nitrogens with zero attached hydrogens (tertiary/aromatic N) is 1. The van der Waals surface area contributed by atoms with Crippen LogP contribution >= 0.6 is 11.8 Å². The Morgan fingerprint density at radius 1 is 0.875 bits per heavy atom. The van der Waals surface area contributed by atoms with Crippen LogP contribution < -0.4 is 15.0 Å². The van der Waals surface area contributed by atoms with E-state index in [9.17, 15) is 9.59 Å². The second-order valence-corrected chi connectivity index (χ2v) is 8.55. The van der Waals surface area contributed by atoms with Gasteiger partial charge in [0.2, 0.25) is 0 Å². The van der Waals surface area contributed by atoms with Crippen LogP contribution in [0, 0.1) is 13.8 Å². The number of amides is 2. The number of benzene rings is 3. The van der Waals surface area contributed by atoms with Gasteiger partial charge in [0, 0.05) is 4.90 Å². The van der Waals surface area contributed by atoms with Crippen molar-refractivity contribution in [3.8, 4) is 5.75 Å². The van der Waals surface area contributed by atoms with Gasteiger partial charge in [-0.15, -0.1) is 0 Å². The fourth-order valence-electron chi connectivity index (χ4n) is 3.62. The number of rotatable bonds is 7. The van der Waals surface area contributed by atoms with E-state index < -0.39 is 0 Å². The van der Waals surface area contributed by atoms with Crippen molar-refractivity contribution in [3.63, 3.8) is 0 Å². The van der Waals surface area contributed by atoms with Crippen molar-refractivity contribution in [1.29, 1.82) is 0 Å². The molecular weight excluding hydrogens is 420 g/mol. The highest BCUT2D eigenvalue weighted by Crippen LogP contribution is 2.39. The zero-order valence-electron chi connectivity index (χ0n) is 18.2. The standard InChI is InChI=1S/C26H24N2O3S/c1-4-31-22-13-9-8-12-21(22)27-23-24(32-20-10-6-5-7-11-20)26(30)28(25(23)29)19-15-17(2)14-18(3)16-19/h5-16,27H,4H2,1-3H3. The van der Waals surface area contributed by atoms with Gasteiger partial charge < -0.3 is 10.1 Å². The Kier molecular flexibility index (Phi) is 6.32. The van der Waals surface area contributed by atoms with E-state index in [0.29, 0.717) is 28.6 Å². The summed E-state index contributed by atoms with van der Waals surface area (Å²) in [6, 6.07) is 22.7. The quantitative estimate of drug-likeness (QED) is 0.474. The Labute approximate surface area is 192 Å². The maximum Gasteiger partial charge on any atom is 0.283 e. The Morgan fingerprint density at radius 2 is 1.53 bits per heavy atom. The van der Waals surface area contributed by atoms with Gasteiger partial charge in [0.1, 0.15) is 16.4 Å². The van der Waals surface area contributed by atoms with Gasteiger partial charge in [-0.3, -0.25) is 9.59 Å². The summed E-state index contributed by atoms with van der Waals surface area (Å²) in [5.41, 5.74) is 3.43. The number of carbonyl (C=O) groups excluding carboxylic acids is 2. The number of aryl methyl sites for hydroxylation is 2. The normalized spacial score (nSPS) is 13.7. The summed E-state index contributed by atoms with van der Waals surface area (Å²) >= 11 is 1.28. The zero-order valence-corrected chi connectivity index (χ0v) is 19.0. The second-order valence-electron chi connectivity index (χ2n) is 7.47. The highest BCUT2D eigenvalue weighted by molar-refractivity contribution is 8.04. The molecule has 3 aromatic carbocycles. The molecule has 162 valence electrons. The van der Waals surface area contributed by atoms with Crippen molar-refractivity contribution in [1.82, 2.24) is 0 Å². The molecule has 6 heteroatoms. The molecule has 0 saturated heterocycles. The minimum Gasteiger partial charge on any atom is -0.492 e. The lowest BCUT2D eigenvalue weighted by Gasteiger charge is -2.17. The Morgan fingerprint density at radius 3 is 2.22 bits per heavy atom. The summed E-state index contributed by atoms with van der Waals surface area (Å²) in [6.45, 7) is 6.29. The number of anilines is 2. The third kappa shape index (κ3) is 4.41. The fourth-order valence-corrected chi connectivity index (χ4v) is 4.57. The van der Waals surface area contributed by atoms with E-state index in [1.165, 1.54) is 16.7 Å². The third-order valence-electron chi connectivity index (χ3n) is 4.92. The molecular formula is C26H24N2O3S. The number of imide groups is 1. The Hall–Kier alpha value is -3.51. The van der Waals surface area contributed by atoms with Gasteiger partial charge in [-0.05, 0) is 68.3 Å². The lowest BCUT2D eigenvalue weighted by Crippen LogP contribution is -2.32. The second kappa shape index (κ2) is 9.32. The van der Waals surface area contributed by atoms with E-state index in [1.807, 2.05) is 93.6 Å². The van der Waals surface area contributed by atoms with Crippen molar-refractivity contribution >= 4 is 35.0 Å². The summed E-state index contributed by atoms with van der Waals surface area (Å²) in [4.78, 5) is 29.5. The highest BCUT2D eigenvalue weighted by atomic mass is 32.2. The molecule has 2 amide bonds. The lowest BCUT2D eigenvalue weighted by atomic mass is 10.1. The average Bonchev–Trinajstić information content (AvgIpc) is 2.99. The molecule has 32 heavy (non-hydrogen) atoms. The maximum absolute atomic E-state index is 13.5. The molecule has 1 aliphatic rings. The fraction of sp³-hybridized carbons (Fsp3) is 0.154. The molecule has 1 aliphatic heterocycles. The van der Waals surface area contributed by atoms with Crippen LogP contribution in [0.4, 0.5) is 11.4 Å². The van der Waals surface area contributed by atoms with Crippen molar-refractivity contribution in [3.05, 3.63) is 94.5 Å². The van der Waals surface area contributed by atoms with E-state index in [1.54, 1.807) is 0 Å². The molecule has 4 rings (SSSR count). The lowest BCUT2D eigenvalue weighted by molar-refractivity contribution is -0.120. The van der Waals surface area contributed by atoms with Gasteiger partial charge in [-0.2, -0.15) is 0 Å². The monoisotopic (exact) mass is 444 g/mol. The van der Waals surface area contributed by atoms with Gasteiger partial charge in [0.15, 0.2) is 0 Å². The first-order chi connectivity index (χ1) is 15.5. The molecule has 5 nitrogen and oxygen atoms in total. The van der Waals surface area contributed by atoms with Gasteiger partial charge >= 0.3 is 0 Å². The molecule has 0 saturated carbocycles. The average molecular weight is 445 g/mol. The molecule has 3 aromatic rings.